The molecule has 1 nitrogen and oxygen atoms in total. The van der Waals surface area contributed by atoms with Crippen LogP contribution in [0.5, 0.6) is 0 Å². The molecule has 1 heteroatoms. The molecule has 1 fully saturated rings. The lowest BCUT2D eigenvalue weighted by Crippen LogP contribution is -2.39. The third-order valence-corrected chi connectivity index (χ3v) is 3.46. The van der Waals surface area contributed by atoms with Gasteiger partial charge in [0.05, 0.1) is 0 Å². The number of hydrogen-bond donors (Lipinski definition) is 1. The van der Waals surface area contributed by atoms with E-state index in [1.807, 2.05) is 0 Å². The molecule has 2 unspecified atom stereocenters. The van der Waals surface area contributed by atoms with Gasteiger partial charge in [0.15, 0.2) is 0 Å². The molecule has 72 valence electrons. The average Bonchev–Trinajstić information content (AvgIpc) is 2.09. The number of rotatable bonds is 1. The largest absolute Gasteiger partial charge is 0.325 e. The first-order valence-electron chi connectivity index (χ1n) is 5.26. The van der Waals surface area contributed by atoms with Crippen LogP contribution in [0.15, 0.2) is 0 Å². The van der Waals surface area contributed by atoms with E-state index >= 15 is 0 Å². The molecule has 0 spiro atoms. The van der Waals surface area contributed by atoms with Crippen molar-refractivity contribution in [3.8, 4) is 0 Å². The Morgan fingerprint density at radius 2 is 1.75 bits per heavy atom. The third-order valence-electron chi connectivity index (χ3n) is 3.46. The van der Waals surface area contributed by atoms with Crippen molar-refractivity contribution in [3.05, 3.63) is 0 Å². The van der Waals surface area contributed by atoms with Gasteiger partial charge in [0.2, 0.25) is 0 Å². The Labute approximate surface area is 76.7 Å². The maximum Gasteiger partial charge on any atom is 0.0131 e. The fourth-order valence-corrected chi connectivity index (χ4v) is 2.53. The summed E-state index contributed by atoms with van der Waals surface area (Å²) >= 11 is 0. The van der Waals surface area contributed by atoms with Crippen molar-refractivity contribution in [1.82, 2.24) is 0 Å². The first-order chi connectivity index (χ1) is 5.47. The van der Waals surface area contributed by atoms with Gasteiger partial charge in [-0.2, -0.15) is 0 Å². The summed E-state index contributed by atoms with van der Waals surface area (Å²) in [5.41, 5.74) is 6.84. The molecule has 0 aromatic rings. The van der Waals surface area contributed by atoms with Gasteiger partial charge in [0.25, 0.3) is 0 Å². The molecule has 1 rings (SSSR count). The maximum absolute atomic E-state index is 6.23. The highest BCUT2D eigenvalue weighted by Crippen LogP contribution is 2.40. The van der Waals surface area contributed by atoms with Crippen molar-refractivity contribution in [2.75, 3.05) is 0 Å². The first kappa shape index (κ1) is 10.0. The zero-order valence-electron chi connectivity index (χ0n) is 8.82. The van der Waals surface area contributed by atoms with Gasteiger partial charge in [-0.05, 0) is 31.6 Å². The topological polar surface area (TPSA) is 26.0 Å². The van der Waals surface area contributed by atoms with Crippen LogP contribution in [-0.4, -0.2) is 5.54 Å². The fourth-order valence-electron chi connectivity index (χ4n) is 2.53. The summed E-state index contributed by atoms with van der Waals surface area (Å²) in [6.07, 6.45) is 7.76. The van der Waals surface area contributed by atoms with Crippen LogP contribution < -0.4 is 5.73 Å². The predicted octanol–water partition coefficient (Wildman–Crippen LogP) is 3.08. The van der Waals surface area contributed by atoms with Crippen molar-refractivity contribution in [2.45, 2.75) is 64.8 Å². The summed E-state index contributed by atoms with van der Waals surface area (Å²) in [5.74, 6) is 0. The molecule has 0 heterocycles. The normalized spacial score (nSPS) is 44.0. The lowest BCUT2D eigenvalue weighted by atomic mass is 9.75. The molecule has 1 saturated carbocycles. The maximum atomic E-state index is 6.23. The van der Waals surface area contributed by atoms with Crippen LogP contribution in [-0.2, 0) is 0 Å². The van der Waals surface area contributed by atoms with E-state index in [4.69, 9.17) is 5.73 Å². The minimum absolute atomic E-state index is 0.0985. The van der Waals surface area contributed by atoms with E-state index in [-0.39, 0.29) is 5.54 Å². The number of hydrogen-bond acceptors (Lipinski definition) is 1. The van der Waals surface area contributed by atoms with E-state index < -0.39 is 0 Å². The summed E-state index contributed by atoms with van der Waals surface area (Å²) in [6, 6.07) is 0. The Bertz CT molecular complexity index is 151. The number of nitrogens with two attached hydrogens (primary N) is 1. The highest BCUT2D eigenvalue weighted by atomic mass is 14.7. The van der Waals surface area contributed by atoms with Gasteiger partial charge in [0.1, 0.15) is 0 Å². The molecule has 0 aromatic carbocycles. The SMILES string of the molecule is CCC1(C)CCCCC(C)(N)C1. The Hall–Kier alpha value is -0.0400. The molecule has 0 saturated heterocycles. The monoisotopic (exact) mass is 169 g/mol. The molecule has 1 aliphatic carbocycles. The Morgan fingerprint density at radius 1 is 1.17 bits per heavy atom. The predicted molar refractivity (Wildman–Crippen MR) is 54.1 cm³/mol. The van der Waals surface area contributed by atoms with Crippen LogP contribution >= 0.6 is 0 Å². The molecule has 2 atom stereocenters. The molecular weight excluding hydrogens is 146 g/mol. The lowest BCUT2D eigenvalue weighted by Gasteiger charge is -2.34. The summed E-state index contributed by atoms with van der Waals surface area (Å²) in [4.78, 5) is 0. The van der Waals surface area contributed by atoms with Crippen LogP contribution in [0.3, 0.4) is 0 Å². The van der Waals surface area contributed by atoms with Crippen molar-refractivity contribution in [3.63, 3.8) is 0 Å². The summed E-state index contributed by atoms with van der Waals surface area (Å²) in [7, 11) is 0. The van der Waals surface area contributed by atoms with E-state index in [9.17, 15) is 0 Å². The molecule has 0 radical (unpaired) electrons. The molecular formula is C11H23N. The lowest BCUT2D eigenvalue weighted by molar-refractivity contribution is 0.215. The van der Waals surface area contributed by atoms with Gasteiger partial charge in [0, 0.05) is 5.54 Å². The average molecular weight is 169 g/mol. The van der Waals surface area contributed by atoms with E-state index in [0.29, 0.717) is 5.41 Å². The molecule has 0 aliphatic heterocycles. The Balaban J connectivity index is 2.66. The summed E-state index contributed by atoms with van der Waals surface area (Å²) < 4.78 is 0. The first-order valence-corrected chi connectivity index (χ1v) is 5.26. The van der Waals surface area contributed by atoms with Gasteiger partial charge in [-0.15, -0.1) is 0 Å². The quantitative estimate of drug-likeness (QED) is 0.600. The van der Waals surface area contributed by atoms with Crippen molar-refractivity contribution in [1.29, 1.82) is 0 Å². The van der Waals surface area contributed by atoms with Gasteiger partial charge in [-0.25, -0.2) is 0 Å². The van der Waals surface area contributed by atoms with Crippen LogP contribution in [0.2, 0.25) is 0 Å². The molecule has 0 aromatic heterocycles. The molecule has 12 heavy (non-hydrogen) atoms. The van der Waals surface area contributed by atoms with Crippen LogP contribution in [0, 0.1) is 5.41 Å². The van der Waals surface area contributed by atoms with E-state index in [0.717, 1.165) is 0 Å². The van der Waals surface area contributed by atoms with Crippen molar-refractivity contribution < 1.29 is 0 Å². The summed E-state index contributed by atoms with van der Waals surface area (Å²) in [5, 5.41) is 0. The Kier molecular flexibility index (Phi) is 2.82. The fraction of sp³-hybridized carbons (Fsp3) is 1.00. The molecule has 1 aliphatic rings. The molecule has 0 bridgehead atoms. The highest BCUT2D eigenvalue weighted by molar-refractivity contribution is 4.90. The zero-order chi connectivity index (χ0) is 9.24. The molecule has 0 amide bonds. The third kappa shape index (κ3) is 2.48. The van der Waals surface area contributed by atoms with E-state index in [1.165, 1.54) is 38.5 Å². The van der Waals surface area contributed by atoms with Gasteiger partial charge in [-0.3, -0.25) is 0 Å². The standard InChI is InChI=1S/C11H23N/c1-4-10(2)7-5-6-8-11(3,12)9-10/h4-9,12H2,1-3H3. The van der Waals surface area contributed by atoms with E-state index in [1.54, 1.807) is 0 Å². The van der Waals surface area contributed by atoms with Crippen LogP contribution in [0.25, 0.3) is 0 Å². The second kappa shape index (κ2) is 3.37. The smallest absolute Gasteiger partial charge is 0.0131 e. The Morgan fingerprint density at radius 3 is 2.33 bits per heavy atom. The van der Waals surface area contributed by atoms with Crippen LogP contribution in [0.1, 0.15) is 59.3 Å². The van der Waals surface area contributed by atoms with Crippen molar-refractivity contribution >= 4 is 0 Å². The zero-order valence-corrected chi connectivity index (χ0v) is 8.82. The van der Waals surface area contributed by atoms with Gasteiger partial charge < -0.3 is 5.73 Å². The van der Waals surface area contributed by atoms with E-state index in [2.05, 4.69) is 20.8 Å². The van der Waals surface area contributed by atoms with Crippen molar-refractivity contribution in [2.24, 2.45) is 11.1 Å². The van der Waals surface area contributed by atoms with Gasteiger partial charge >= 0.3 is 0 Å². The summed E-state index contributed by atoms with van der Waals surface area (Å²) in [6.45, 7) is 6.90. The minimum atomic E-state index is 0.0985. The molecule has 2 N–H and O–H groups in total. The van der Waals surface area contributed by atoms with Gasteiger partial charge in [-0.1, -0.05) is 33.1 Å². The highest BCUT2D eigenvalue weighted by Gasteiger charge is 2.33. The second-order valence-corrected chi connectivity index (χ2v) is 5.20. The second-order valence-electron chi connectivity index (χ2n) is 5.20. The minimum Gasteiger partial charge on any atom is -0.325 e. The van der Waals surface area contributed by atoms with Crippen LogP contribution in [0.4, 0.5) is 0 Å².